The topological polar surface area (TPSA) is 55.1 Å². The maximum Gasteiger partial charge on any atom is 0.432 e. The average Bonchev–Trinajstić information content (AvgIpc) is 2.44. The number of carbonyl (C=O) groups is 1. The second-order valence-corrected chi connectivity index (χ2v) is 3.86. The standard InChI is InChI=1S/C9H7BrN2O2/c1-5-7-4-6(10)2-3-8(7)12(11-5)9(13)14/h2-4H,1H3,(H,13,14). The number of hydrogen-bond donors (Lipinski definition) is 1. The van der Waals surface area contributed by atoms with Crippen LogP contribution in [0.2, 0.25) is 0 Å². The summed E-state index contributed by atoms with van der Waals surface area (Å²) in [5.74, 6) is 0. The fourth-order valence-electron chi connectivity index (χ4n) is 1.39. The van der Waals surface area contributed by atoms with Gasteiger partial charge < -0.3 is 5.11 Å². The number of aromatic nitrogens is 2. The number of fused-ring (bicyclic) bond motifs is 1. The Balaban J connectivity index is 2.84. The Hall–Kier alpha value is -1.36. The van der Waals surface area contributed by atoms with Crippen molar-refractivity contribution >= 4 is 32.9 Å². The second-order valence-electron chi connectivity index (χ2n) is 2.94. The summed E-state index contributed by atoms with van der Waals surface area (Å²) in [5, 5.41) is 13.6. The monoisotopic (exact) mass is 254 g/mol. The molecule has 72 valence electrons. The number of aryl methyl sites for hydroxylation is 1. The average molecular weight is 255 g/mol. The molecule has 4 nitrogen and oxygen atoms in total. The van der Waals surface area contributed by atoms with E-state index in [-0.39, 0.29) is 0 Å². The molecule has 1 heterocycles. The number of carboxylic acid groups (broad SMARTS) is 1. The van der Waals surface area contributed by atoms with Crippen LogP contribution in [-0.2, 0) is 0 Å². The second kappa shape index (κ2) is 3.09. The van der Waals surface area contributed by atoms with E-state index < -0.39 is 6.09 Å². The van der Waals surface area contributed by atoms with Crippen molar-refractivity contribution in [2.75, 3.05) is 0 Å². The van der Waals surface area contributed by atoms with Crippen molar-refractivity contribution in [1.29, 1.82) is 0 Å². The van der Waals surface area contributed by atoms with Gasteiger partial charge in [0.1, 0.15) is 0 Å². The van der Waals surface area contributed by atoms with Gasteiger partial charge in [0.05, 0.1) is 11.2 Å². The first-order valence-corrected chi connectivity index (χ1v) is 4.77. The molecule has 0 unspecified atom stereocenters. The van der Waals surface area contributed by atoms with Crippen molar-refractivity contribution in [1.82, 2.24) is 9.78 Å². The lowest BCUT2D eigenvalue weighted by atomic mass is 10.2. The summed E-state index contributed by atoms with van der Waals surface area (Å²) in [5.41, 5.74) is 1.32. The van der Waals surface area contributed by atoms with Crippen LogP contribution in [0.3, 0.4) is 0 Å². The fraction of sp³-hybridized carbons (Fsp3) is 0.111. The molecule has 0 aliphatic carbocycles. The van der Waals surface area contributed by atoms with Gasteiger partial charge in [0.15, 0.2) is 0 Å². The Bertz CT molecular complexity index is 519. The highest BCUT2D eigenvalue weighted by molar-refractivity contribution is 9.10. The van der Waals surface area contributed by atoms with E-state index in [1.165, 1.54) is 0 Å². The third kappa shape index (κ3) is 1.29. The third-order valence-electron chi connectivity index (χ3n) is 2.01. The van der Waals surface area contributed by atoms with E-state index in [4.69, 9.17) is 5.11 Å². The van der Waals surface area contributed by atoms with E-state index in [1.807, 2.05) is 6.07 Å². The van der Waals surface area contributed by atoms with E-state index in [0.29, 0.717) is 11.2 Å². The van der Waals surface area contributed by atoms with E-state index in [9.17, 15) is 4.79 Å². The van der Waals surface area contributed by atoms with Crippen LogP contribution < -0.4 is 0 Å². The number of rotatable bonds is 0. The van der Waals surface area contributed by atoms with Gasteiger partial charge in [-0.15, -0.1) is 0 Å². The number of halogens is 1. The molecular formula is C9H7BrN2O2. The zero-order valence-electron chi connectivity index (χ0n) is 7.36. The molecule has 5 heteroatoms. The van der Waals surface area contributed by atoms with Crippen molar-refractivity contribution in [2.45, 2.75) is 6.92 Å². The molecule has 0 aliphatic heterocycles. The summed E-state index contributed by atoms with van der Waals surface area (Å²) in [6.45, 7) is 1.79. The minimum atomic E-state index is -1.06. The van der Waals surface area contributed by atoms with Crippen LogP contribution in [0.5, 0.6) is 0 Å². The lowest BCUT2D eigenvalue weighted by Gasteiger charge is -1.94. The molecule has 0 aliphatic rings. The quantitative estimate of drug-likeness (QED) is 0.787. The predicted molar refractivity (Wildman–Crippen MR) is 55.6 cm³/mol. The molecule has 0 spiro atoms. The number of benzene rings is 1. The first kappa shape index (κ1) is 9.21. The highest BCUT2D eigenvalue weighted by Crippen LogP contribution is 2.22. The minimum Gasteiger partial charge on any atom is -0.463 e. The number of hydrogen-bond acceptors (Lipinski definition) is 2. The summed E-state index contributed by atoms with van der Waals surface area (Å²) < 4.78 is 1.90. The van der Waals surface area contributed by atoms with Gasteiger partial charge in [-0.2, -0.15) is 9.78 Å². The van der Waals surface area contributed by atoms with Gasteiger partial charge >= 0.3 is 6.09 Å². The lowest BCUT2D eigenvalue weighted by molar-refractivity contribution is 0.194. The molecule has 1 aromatic heterocycles. The van der Waals surface area contributed by atoms with E-state index in [0.717, 1.165) is 14.5 Å². The molecule has 0 amide bonds. The van der Waals surface area contributed by atoms with Crippen molar-refractivity contribution in [3.05, 3.63) is 28.4 Å². The summed E-state index contributed by atoms with van der Waals surface area (Å²) in [6, 6.07) is 5.38. The van der Waals surface area contributed by atoms with Crippen LogP contribution in [0.25, 0.3) is 10.9 Å². The molecule has 14 heavy (non-hydrogen) atoms. The van der Waals surface area contributed by atoms with Crippen LogP contribution in [0.4, 0.5) is 4.79 Å². The minimum absolute atomic E-state index is 0.609. The molecule has 2 rings (SSSR count). The molecule has 0 saturated carbocycles. The molecule has 2 aromatic rings. The van der Waals surface area contributed by atoms with Crippen molar-refractivity contribution in [3.63, 3.8) is 0 Å². The Kier molecular flexibility index (Phi) is 2.03. The molecule has 0 fully saturated rings. The first-order chi connectivity index (χ1) is 6.59. The van der Waals surface area contributed by atoms with Crippen LogP contribution in [-0.4, -0.2) is 21.0 Å². The van der Waals surface area contributed by atoms with Crippen LogP contribution in [0.1, 0.15) is 5.69 Å². The smallest absolute Gasteiger partial charge is 0.432 e. The van der Waals surface area contributed by atoms with E-state index >= 15 is 0 Å². The summed E-state index contributed by atoms with van der Waals surface area (Å²) in [7, 11) is 0. The molecule has 1 aromatic carbocycles. The van der Waals surface area contributed by atoms with E-state index in [2.05, 4.69) is 21.0 Å². The van der Waals surface area contributed by atoms with Gasteiger partial charge in [-0.05, 0) is 25.1 Å². The maximum atomic E-state index is 10.8. The Morgan fingerprint density at radius 1 is 1.57 bits per heavy atom. The zero-order valence-corrected chi connectivity index (χ0v) is 8.95. The van der Waals surface area contributed by atoms with Gasteiger partial charge in [-0.25, -0.2) is 4.79 Å². The van der Waals surface area contributed by atoms with Crippen molar-refractivity contribution in [2.24, 2.45) is 0 Å². The Morgan fingerprint density at radius 2 is 2.29 bits per heavy atom. The predicted octanol–water partition coefficient (Wildman–Crippen LogP) is 2.63. The lowest BCUT2D eigenvalue weighted by Crippen LogP contribution is -2.09. The van der Waals surface area contributed by atoms with Gasteiger partial charge in [0.25, 0.3) is 0 Å². The summed E-state index contributed by atoms with van der Waals surface area (Å²) >= 11 is 3.33. The molecule has 1 N–H and O–H groups in total. The van der Waals surface area contributed by atoms with Crippen LogP contribution in [0.15, 0.2) is 22.7 Å². The SMILES string of the molecule is Cc1nn(C(=O)O)c2ccc(Br)cc12. The fourth-order valence-corrected chi connectivity index (χ4v) is 1.75. The normalized spacial score (nSPS) is 10.7. The molecule has 0 saturated heterocycles. The Morgan fingerprint density at radius 3 is 2.93 bits per heavy atom. The van der Waals surface area contributed by atoms with E-state index in [1.54, 1.807) is 19.1 Å². The summed E-state index contributed by atoms with van der Waals surface area (Å²) in [6.07, 6.45) is -1.06. The maximum absolute atomic E-state index is 10.8. The van der Waals surface area contributed by atoms with Gasteiger partial charge in [-0.3, -0.25) is 0 Å². The summed E-state index contributed by atoms with van der Waals surface area (Å²) in [4.78, 5) is 10.8. The Labute approximate surface area is 88.3 Å². The molecule has 0 radical (unpaired) electrons. The largest absolute Gasteiger partial charge is 0.463 e. The highest BCUT2D eigenvalue weighted by atomic mass is 79.9. The highest BCUT2D eigenvalue weighted by Gasteiger charge is 2.11. The van der Waals surface area contributed by atoms with Crippen molar-refractivity contribution < 1.29 is 9.90 Å². The van der Waals surface area contributed by atoms with Crippen molar-refractivity contribution in [3.8, 4) is 0 Å². The zero-order chi connectivity index (χ0) is 10.3. The van der Waals surface area contributed by atoms with Gasteiger partial charge in [-0.1, -0.05) is 15.9 Å². The van der Waals surface area contributed by atoms with Crippen LogP contribution >= 0.6 is 15.9 Å². The first-order valence-electron chi connectivity index (χ1n) is 3.98. The third-order valence-corrected chi connectivity index (χ3v) is 2.50. The van der Waals surface area contributed by atoms with Gasteiger partial charge in [0, 0.05) is 9.86 Å². The number of nitrogens with zero attached hydrogens (tertiary/aromatic N) is 2. The van der Waals surface area contributed by atoms with Gasteiger partial charge in [0.2, 0.25) is 0 Å². The molecular weight excluding hydrogens is 248 g/mol. The molecule has 0 atom stereocenters. The molecule has 0 bridgehead atoms. The van der Waals surface area contributed by atoms with Crippen LogP contribution in [0, 0.1) is 6.92 Å².